The smallest absolute Gasteiger partial charge is 0.282 e. The van der Waals surface area contributed by atoms with Crippen LogP contribution in [-0.2, 0) is 12.4 Å². The highest BCUT2D eigenvalue weighted by molar-refractivity contribution is 8.18. The van der Waals surface area contributed by atoms with Gasteiger partial charge in [0, 0.05) is 33.5 Å². The second kappa shape index (κ2) is 6.29. The Kier molecular flexibility index (Phi) is 4.19. The minimum absolute atomic E-state index is 0.123. The maximum atomic E-state index is 13.7. The van der Waals surface area contributed by atoms with Gasteiger partial charge in [-0.3, -0.25) is 9.59 Å². The summed E-state index contributed by atoms with van der Waals surface area (Å²) in [4.78, 5) is 25.0. The third-order valence-corrected chi connectivity index (χ3v) is 8.59. The van der Waals surface area contributed by atoms with Gasteiger partial charge in [-0.2, -0.15) is 26.3 Å². The van der Waals surface area contributed by atoms with Crippen molar-refractivity contribution < 1.29 is 35.9 Å². The zero-order valence-corrected chi connectivity index (χ0v) is 16.3. The topological polar surface area (TPSA) is 34.1 Å². The monoisotopic (exact) mass is 460 g/mol. The van der Waals surface area contributed by atoms with Crippen molar-refractivity contribution in [2.45, 2.75) is 34.7 Å². The van der Waals surface area contributed by atoms with Crippen LogP contribution in [0.4, 0.5) is 26.3 Å². The van der Waals surface area contributed by atoms with Gasteiger partial charge < -0.3 is 0 Å². The van der Waals surface area contributed by atoms with Crippen LogP contribution in [0, 0.1) is 0 Å². The zero-order valence-electron chi connectivity index (χ0n) is 14.7. The molecular weight excluding hydrogens is 450 g/mol. The number of hydrogen-bond acceptors (Lipinski definition) is 4. The summed E-state index contributed by atoms with van der Waals surface area (Å²) in [6, 6.07) is 6.52. The first kappa shape index (κ1) is 20.0. The zero-order chi connectivity index (χ0) is 21.6. The molecule has 0 unspecified atom stereocenters. The van der Waals surface area contributed by atoms with Crippen LogP contribution < -0.4 is 0 Å². The maximum Gasteiger partial charge on any atom is 0.416 e. The second-order valence-electron chi connectivity index (χ2n) is 7.32. The van der Waals surface area contributed by atoms with Crippen molar-refractivity contribution >= 4 is 33.8 Å². The molecule has 0 amide bonds. The Balaban J connectivity index is 1.76. The molecule has 3 aliphatic rings. The molecule has 0 aromatic heterocycles. The highest BCUT2D eigenvalue weighted by atomic mass is 32.2. The Hall–Kier alpha value is -1.94. The fourth-order valence-corrected chi connectivity index (χ4v) is 7.66. The van der Waals surface area contributed by atoms with E-state index in [2.05, 4.69) is 0 Å². The van der Waals surface area contributed by atoms with Crippen LogP contribution in [0.5, 0.6) is 0 Å². The van der Waals surface area contributed by atoms with Crippen molar-refractivity contribution in [3.8, 4) is 0 Å². The quantitative estimate of drug-likeness (QED) is 0.444. The highest BCUT2D eigenvalue weighted by Gasteiger charge is 2.62. The predicted octanol–water partition coefficient (Wildman–Crippen LogP) is 6.12. The van der Waals surface area contributed by atoms with Crippen LogP contribution in [0.15, 0.2) is 36.4 Å². The van der Waals surface area contributed by atoms with Gasteiger partial charge in [0.15, 0.2) is 0 Å². The molecule has 0 radical (unpaired) electrons. The minimum Gasteiger partial charge on any atom is -0.282 e. The van der Waals surface area contributed by atoms with E-state index in [1.165, 1.54) is 12.1 Å². The van der Waals surface area contributed by atoms with Crippen molar-refractivity contribution in [1.29, 1.82) is 0 Å². The van der Waals surface area contributed by atoms with Crippen LogP contribution >= 0.6 is 23.5 Å². The molecule has 4 atom stereocenters. The van der Waals surface area contributed by atoms with E-state index in [4.69, 9.17) is 0 Å². The van der Waals surface area contributed by atoms with Gasteiger partial charge in [0.1, 0.15) is 0 Å². The van der Waals surface area contributed by atoms with Gasteiger partial charge in [-0.25, -0.2) is 0 Å². The number of halogens is 6. The Morgan fingerprint density at radius 1 is 0.633 bits per heavy atom. The summed E-state index contributed by atoms with van der Waals surface area (Å²) >= 11 is 1.63. The maximum absolute atomic E-state index is 13.7. The number of fused-ring (bicyclic) bond motifs is 8. The summed E-state index contributed by atoms with van der Waals surface area (Å²) in [7, 11) is 0. The molecule has 1 fully saturated rings. The number of thioether (sulfide) groups is 2. The number of carbonyl (C=O) groups is 2. The molecule has 156 valence electrons. The van der Waals surface area contributed by atoms with Crippen LogP contribution in [0.25, 0.3) is 0 Å². The summed E-state index contributed by atoms with van der Waals surface area (Å²) in [6.07, 6.45) is -9.51. The van der Waals surface area contributed by atoms with E-state index in [-0.39, 0.29) is 22.3 Å². The highest BCUT2D eigenvalue weighted by Crippen LogP contribution is 2.67. The molecule has 2 nitrogen and oxygen atoms in total. The molecule has 0 spiro atoms. The van der Waals surface area contributed by atoms with Gasteiger partial charge in [-0.15, -0.1) is 0 Å². The van der Waals surface area contributed by atoms with Crippen LogP contribution in [0.2, 0.25) is 0 Å². The van der Waals surface area contributed by atoms with Crippen molar-refractivity contribution in [3.05, 3.63) is 69.8 Å². The van der Waals surface area contributed by atoms with Gasteiger partial charge in [-0.1, -0.05) is 47.8 Å². The molecule has 0 saturated heterocycles. The van der Waals surface area contributed by atoms with Crippen molar-refractivity contribution in [2.24, 2.45) is 0 Å². The lowest BCUT2D eigenvalue weighted by Gasteiger charge is -2.56. The standard InChI is InChI=1S/C20H10F6O2S2/c21-19(22,23)9-5-1-3-7-11(9)13-14-12-8(4-2-6-10(12)20(24,25)26)18(28)30-16(14)15(13)29-17(7)27/h1-6,13-16H/t13-,14+,15-,16+. The summed E-state index contributed by atoms with van der Waals surface area (Å²) in [5.41, 5.74) is -2.76. The van der Waals surface area contributed by atoms with E-state index in [1.54, 1.807) is 0 Å². The van der Waals surface area contributed by atoms with E-state index < -0.39 is 56.0 Å². The van der Waals surface area contributed by atoms with Crippen LogP contribution in [-0.4, -0.2) is 20.7 Å². The lowest BCUT2D eigenvalue weighted by molar-refractivity contribution is -0.140. The average Bonchev–Trinajstić information content (AvgIpc) is 2.65. The van der Waals surface area contributed by atoms with Gasteiger partial charge in [0.25, 0.3) is 0 Å². The summed E-state index contributed by atoms with van der Waals surface area (Å²) < 4.78 is 82.3. The van der Waals surface area contributed by atoms with Gasteiger partial charge >= 0.3 is 12.4 Å². The number of carbonyl (C=O) groups excluding carboxylic acids is 2. The predicted molar refractivity (Wildman–Crippen MR) is 99.8 cm³/mol. The number of hydrogen-bond donors (Lipinski definition) is 0. The fraction of sp³-hybridized carbons (Fsp3) is 0.300. The molecule has 0 bridgehead atoms. The van der Waals surface area contributed by atoms with E-state index in [0.29, 0.717) is 0 Å². The van der Waals surface area contributed by atoms with E-state index in [1.807, 2.05) is 0 Å². The minimum atomic E-state index is -4.76. The fourth-order valence-electron chi connectivity index (χ4n) is 4.71. The van der Waals surface area contributed by atoms with E-state index in [0.717, 1.165) is 47.8 Å². The molecule has 5 rings (SSSR count). The molecule has 2 heterocycles. The van der Waals surface area contributed by atoms with Crippen LogP contribution in [0.3, 0.4) is 0 Å². The number of alkyl halides is 6. The molecule has 0 N–H and O–H groups in total. The third kappa shape index (κ3) is 2.69. The molecule has 1 saturated carbocycles. The molecule has 2 aromatic carbocycles. The van der Waals surface area contributed by atoms with Crippen molar-refractivity contribution in [2.75, 3.05) is 0 Å². The first-order chi connectivity index (χ1) is 14.0. The molecular formula is C20H10F6O2S2. The molecule has 2 aliphatic heterocycles. The lowest BCUT2D eigenvalue weighted by atomic mass is 9.62. The average molecular weight is 460 g/mol. The van der Waals surface area contributed by atoms with Gasteiger partial charge in [-0.05, 0) is 23.3 Å². The lowest BCUT2D eigenvalue weighted by Crippen LogP contribution is -2.54. The summed E-state index contributed by atoms with van der Waals surface area (Å²) in [6.45, 7) is 0. The largest absolute Gasteiger partial charge is 0.416 e. The first-order valence-electron chi connectivity index (χ1n) is 8.82. The summed E-state index contributed by atoms with van der Waals surface area (Å²) in [5, 5.41) is -2.50. The van der Waals surface area contributed by atoms with E-state index >= 15 is 0 Å². The summed E-state index contributed by atoms with van der Waals surface area (Å²) in [5.74, 6) is -1.87. The molecule has 1 aliphatic carbocycles. The Morgan fingerprint density at radius 2 is 1.00 bits per heavy atom. The van der Waals surface area contributed by atoms with Crippen LogP contribution in [0.1, 0.15) is 54.8 Å². The normalized spacial score (nSPS) is 27.5. The number of rotatable bonds is 0. The Bertz CT molecular complexity index is 1020. The van der Waals surface area contributed by atoms with Gasteiger partial charge in [0.05, 0.1) is 11.1 Å². The first-order valence-corrected chi connectivity index (χ1v) is 10.6. The second-order valence-corrected chi connectivity index (χ2v) is 9.62. The SMILES string of the molecule is O=C1S[C@@H]2[C@@H]3SC(=O)c4cccc(C(F)(F)F)c4[C@@H]3[C@@H]2c2c1cccc2C(F)(F)F. The molecule has 10 heteroatoms. The number of benzene rings is 2. The van der Waals surface area contributed by atoms with Crippen molar-refractivity contribution in [1.82, 2.24) is 0 Å². The molecule has 2 aromatic rings. The van der Waals surface area contributed by atoms with Gasteiger partial charge in [0.2, 0.25) is 10.2 Å². The Morgan fingerprint density at radius 3 is 1.33 bits per heavy atom. The Labute approximate surface area is 174 Å². The van der Waals surface area contributed by atoms with E-state index in [9.17, 15) is 35.9 Å². The van der Waals surface area contributed by atoms with Crippen molar-refractivity contribution in [3.63, 3.8) is 0 Å². The molecule has 30 heavy (non-hydrogen) atoms. The third-order valence-electron chi connectivity index (χ3n) is 5.83.